The summed E-state index contributed by atoms with van der Waals surface area (Å²) >= 11 is 7.27. The second-order valence-electron chi connectivity index (χ2n) is 5.33. The number of pyridine rings is 1. The van der Waals surface area contributed by atoms with Crippen LogP contribution in [-0.2, 0) is 17.4 Å². The number of aromatic nitrogens is 3. The molecule has 0 saturated heterocycles. The van der Waals surface area contributed by atoms with E-state index in [0.29, 0.717) is 11.9 Å². The summed E-state index contributed by atoms with van der Waals surface area (Å²) in [4.78, 5) is 20.7. The number of amides is 1. The number of nitrogens with one attached hydrogen (secondary N) is 2. The number of carbonyl (C=O) groups excluding carboxylic acids is 1. The monoisotopic (exact) mass is 403 g/mol. The molecule has 138 valence electrons. The summed E-state index contributed by atoms with van der Waals surface area (Å²) in [5.41, 5.74) is -0.254. The van der Waals surface area contributed by atoms with E-state index in [1.807, 2.05) is 16.0 Å². The van der Waals surface area contributed by atoms with Gasteiger partial charge in [0, 0.05) is 37.1 Å². The number of imidazole rings is 1. The average molecular weight is 404 g/mol. The van der Waals surface area contributed by atoms with E-state index < -0.39 is 11.7 Å². The van der Waals surface area contributed by atoms with Crippen LogP contribution in [0.3, 0.4) is 0 Å². The third-order valence-electron chi connectivity index (χ3n) is 3.39. The van der Waals surface area contributed by atoms with E-state index in [0.717, 1.165) is 11.0 Å². The number of rotatable bonds is 6. The molecule has 3 heterocycles. The number of nitrogens with zero attached hydrogens (tertiary/aromatic N) is 3. The lowest BCUT2D eigenvalue weighted by molar-refractivity contribution is -0.137. The molecule has 0 aliphatic carbocycles. The molecule has 0 bridgehead atoms. The third kappa shape index (κ3) is 4.44. The zero-order valence-electron chi connectivity index (χ0n) is 13.2. The van der Waals surface area contributed by atoms with Crippen LogP contribution in [0.1, 0.15) is 11.3 Å². The minimum absolute atomic E-state index is 0.128. The number of thiazole rings is 1. The Hall–Kier alpha value is -2.33. The van der Waals surface area contributed by atoms with Gasteiger partial charge in [0.25, 0.3) is 0 Å². The number of alkyl halides is 3. The average Bonchev–Trinajstić information content (AvgIpc) is 3.13. The summed E-state index contributed by atoms with van der Waals surface area (Å²) in [5.74, 6) is -0.0766. The highest BCUT2D eigenvalue weighted by Crippen LogP contribution is 2.32. The highest BCUT2D eigenvalue weighted by Gasteiger charge is 2.31. The lowest BCUT2D eigenvalue weighted by Gasteiger charge is -2.11. The molecule has 1 amide bonds. The summed E-state index contributed by atoms with van der Waals surface area (Å²) in [6.07, 6.45) is 0.00430. The Morgan fingerprint density at radius 3 is 2.85 bits per heavy atom. The molecule has 0 saturated carbocycles. The molecule has 0 fully saturated rings. The standard InChI is InChI=1S/C15H13ClF3N5OS/c16-11-5-9(15(17,18)19)7-22-13(11)21-2-1-20-12(25)6-10-8-24-3-4-26-14(24)23-10/h3-5,7-8H,1-2,6H2,(H,20,25)(H,21,22). The summed E-state index contributed by atoms with van der Waals surface area (Å²) in [6, 6.07) is 0.805. The molecule has 6 nitrogen and oxygen atoms in total. The fourth-order valence-electron chi connectivity index (χ4n) is 2.19. The van der Waals surface area contributed by atoms with Gasteiger partial charge < -0.3 is 10.6 Å². The maximum absolute atomic E-state index is 12.5. The number of carbonyl (C=O) groups is 1. The molecule has 26 heavy (non-hydrogen) atoms. The van der Waals surface area contributed by atoms with Crippen LogP contribution in [0.25, 0.3) is 4.96 Å². The van der Waals surface area contributed by atoms with Crippen molar-refractivity contribution in [2.45, 2.75) is 12.6 Å². The SMILES string of the molecule is O=C(Cc1cn2ccsc2n1)NCCNc1ncc(C(F)(F)F)cc1Cl. The van der Waals surface area contributed by atoms with Gasteiger partial charge in [-0.25, -0.2) is 9.97 Å². The molecule has 0 radical (unpaired) electrons. The van der Waals surface area contributed by atoms with Crippen LogP contribution in [0.15, 0.2) is 30.0 Å². The molecule has 0 spiro atoms. The Morgan fingerprint density at radius 2 is 2.15 bits per heavy atom. The molecule has 3 aromatic rings. The van der Waals surface area contributed by atoms with Crippen LogP contribution in [0.2, 0.25) is 5.02 Å². The fourth-order valence-corrected chi connectivity index (χ4v) is 3.15. The van der Waals surface area contributed by atoms with Crippen molar-refractivity contribution < 1.29 is 18.0 Å². The van der Waals surface area contributed by atoms with Crippen molar-refractivity contribution in [1.82, 2.24) is 19.7 Å². The van der Waals surface area contributed by atoms with E-state index in [4.69, 9.17) is 11.6 Å². The Labute approximate surface area is 155 Å². The van der Waals surface area contributed by atoms with Crippen LogP contribution in [0, 0.1) is 0 Å². The Morgan fingerprint density at radius 1 is 1.35 bits per heavy atom. The third-order valence-corrected chi connectivity index (χ3v) is 4.45. The van der Waals surface area contributed by atoms with Crippen molar-refractivity contribution in [1.29, 1.82) is 0 Å². The van der Waals surface area contributed by atoms with Crippen molar-refractivity contribution in [2.75, 3.05) is 18.4 Å². The van der Waals surface area contributed by atoms with Gasteiger partial charge >= 0.3 is 6.18 Å². The van der Waals surface area contributed by atoms with E-state index in [2.05, 4.69) is 20.6 Å². The van der Waals surface area contributed by atoms with E-state index >= 15 is 0 Å². The van der Waals surface area contributed by atoms with Crippen LogP contribution in [0.4, 0.5) is 19.0 Å². The molecule has 0 aliphatic rings. The van der Waals surface area contributed by atoms with Gasteiger partial charge in [0.15, 0.2) is 4.96 Å². The minimum Gasteiger partial charge on any atom is -0.367 e. The largest absolute Gasteiger partial charge is 0.417 e. The van der Waals surface area contributed by atoms with Crippen LogP contribution in [-0.4, -0.2) is 33.4 Å². The van der Waals surface area contributed by atoms with Crippen molar-refractivity contribution in [3.05, 3.63) is 46.3 Å². The van der Waals surface area contributed by atoms with Crippen LogP contribution >= 0.6 is 22.9 Å². The van der Waals surface area contributed by atoms with Gasteiger partial charge in [-0.15, -0.1) is 11.3 Å². The van der Waals surface area contributed by atoms with Crippen molar-refractivity contribution in [2.24, 2.45) is 0 Å². The molecule has 2 N–H and O–H groups in total. The van der Waals surface area contributed by atoms with Gasteiger partial charge in [-0.2, -0.15) is 13.2 Å². The second kappa shape index (κ2) is 7.50. The van der Waals surface area contributed by atoms with Crippen LogP contribution in [0.5, 0.6) is 0 Å². The molecule has 3 rings (SSSR count). The van der Waals surface area contributed by atoms with Crippen molar-refractivity contribution >= 4 is 39.6 Å². The number of anilines is 1. The lowest BCUT2D eigenvalue weighted by atomic mass is 10.3. The zero-order valence-corrected chi connectivity index (χ0v) is 14.8. The minimum atomic E-state index is -4.50. The molecule has 0 aliphatic heterocycles. The van der Waals surface area contributed by atoms with Gasteiger partial charge in [0.1, 0.15) is 5.82 Å². The number of hydrogen-bond donors (Lipinski definition) is 2. The molecule has 0 unspecified atom stereocenters. The molecule has 0 aromatic carbocycles. The molecule has 3 aromatic heterocycles. The first kappa shape index (κ1) is 18.5. The van der Waals surface area contributed by atoms with Gasteiger partial charge in [0.2, 0.25) is 5.91 Å². The number of hydrogen-bond acceptors (Lipinski definition) is 5. The topological polar surface area (TPSA) is 71.3 Å². The summed E-state index contributed by atoms with van der Waals surface area (Å²) in [7, 11) is 0. The number of halogens is 4. The normalized spacial score (nSPS) is 11.7. The van der Waals surface area contributed by atoms with E-state index in [1.54, 1.807) is 6.20 Å². The maximum atomic E-state index is 12.5. The second-order valence-corrected chi connectivity index (χ2v) is 6.61. The molecule has 11 heteroatoms. The summed E-state index contributed by atoms with van der Waals surface area (Å²) < 4.78 is 39.5. The van der Waals surface area contributed by atoms with E-state index in [-0.39, 0.29) is 36.3 Å². The Balaban J connectivity index is 1.45. The lowest BCUT2D eigenvalue weighted by Crippen LogP contribution is -2.30. The Kier molecular flexibility index (Phi) is 5.33. The number of fused-ring (bicyclic) bond motifs is 1. The van der Waals surface area contributed by atoms with Crippen LogP contribution < -0.4 is 10.6 Å². The van der Waals surface area contributed by atoms with Gasteiger partial charge in [-0.1, -0.05) is 11.6 Å². The van der Waals surface area contributed by atoms with Crippen molar-refractivity contribution in [3.8, 4) is 0 Å². The quantitative estimate of drug-likeness (QED) is 0.620. The molecule has 0 atom stereocenters. The van der Waals surface area contributed by atoms with Gasteiger partial charge in [-0.05, 0) is 6.07 Å². The molecular formula is C15H13ClF3N5OS. The first-order valence-corrected chi connectivity index (χ1v) is 8.73. The van der Waals surface area contributed by atoms with Crippen molar-refractivity contribution in [3.63, 3.8) is 0 Å². The molecular weight excluding hydrogens is 391 g/mol. The van der Waals surface area contributed by atoms with Gasteiger partial charge in [0.05, 0.1) is 22.7 Å². The highest BCUT2D eigenvalue weighted by atomic mass is 35.5. The first-order valence-electron chi connectivity index (χ1n) is 7.47. The summed E-state index contributed by atoms with van der Waals surface area (Å²) in [6.45, 7) is 0.530. The summed E-state index contributed by atoms with van der Waals surface area (Å²) in [5, 5.41) is 7.25. The van der Waals surface area contributed by atoms with E-state index in [1.165, 1.54) is 11.3 Å². The predicted octanol–water partition coefficient (Wildman–Crippen LogP) is 3.23. The first-order chi connectivity index (χ1) is 12.3. The fraction of sp³-hybridized carbons (Fsp3) is 0.267. The smallest absolute Gasteiger partial charge is 0.367 e. The Bertz CT molecular complexity index is 895. The zero-order chi connectivity index (χ0) is 18.7. The predicted molar refractivity (Wildman–Crippen MR) is 92.5 cm³/mol. The van der Waals surface area contributed by atoms with E-state index in [9.17, 15) is 18.0 Å². The maximum Gasteiger partial charge on any atom is 0.417 e. The highest BCUT2D eigenvalue weighted by molar-refractivity contribution is 7.15. The van der Waals surface area contributed by atoms with Gasteiger partial charge in [-0.3, -0.25) is 9.20 Å².